The summed E-state index contributed by atoms with van der Waals surface area (Å²) in [6, 6.07) is 3.48. The van der Waals surface area contributed by atoms with Crippen LogP contribution in [0.5, 0.6) is 5.75 Å². The van der Waals surface area contributed by atoms with Crippen LogP contribution in [0, 0.1) is 0 Å². The Morgan fingerprint density at radius 2 is 2.00 bits per heavy atom. The number of carbonyl (C=O) groups is 1. The van der Waals surface area contributed by atoms with E-state index < -0.39 is 11.4 Å². The summed E-state index contributed by atoms with van der Waals surface area (Å²) >= 11 is 0. The molecule has 0 atom stereocenters. The van der Waals surface area contributed by atoms with Crippen LogP contribution in [0.3, 0.4) is 0 Å². The van der Waals surface area contributed by atoms with E-state index >= 15 is 0 Å². The summed E-state index contributed by atoms with van der Waals surface area (Å²) in [4.78, 5) is 33.8. The van der Waals surface area contributed by atoms with Gasteiger partial charge in [0, 0.05) is 32.7 Å². The van der Waals surface area contributed by atoms with Crippen molar-refractivity contribution in [1.82, 2.24) is 24.9 Å². The first kappa shape index (κ1) is 20.8. The number of amides is 1. The Bertz CT molecular complexity index is 847. The van der Waals surface area contributed by atoms with Gasteiger partial charge in [0.1, 0.15) is 17.0 Å². The first-order chi connectivity index (χ1) is 13.8. The van der Waals surface area contributed by atoms with E-state index in [1.807, 2.05) is 20.8 Å². The molecular formula is C19H27N5O5. The Morgan fingerprint density at radius 1 is 1.24 bits per heavy atom. The van der Waals surface area contributed by atoms with Crippen molar-refractivity contribution < 1.29 is 18.8 Å². The number of ether oxygens (including phenoxy) is 2. The zero-order valence-electron chi connectivity index (χ0n) is 17.0. The molecule has 0 aromatic carbocycles. The second-order valence-corrected chi connectivity index (χ2v) is 7.83. The summed E-state index contributed by atoms with van der Waals surface area (Å²) in [5, 5.41) is 3.59. The van der Waals surface area contributed by atoms with Crippen molar-refractivity contribution in [2.45, 2.75) is 32.8 Å². The largest absolute Gasteiger partial charge is 0.492 e. The Labute approximate surface area is 168 Å². The molecule has 10 heteroatoms. The van der Waals surface area contributed by atoms with Crippen LogP contribution in [0.25, 0.3) is 11.5 Å². The molecular weight excluding hydrogens is 378 g/mol. The van der Waals surface area contributed by atoms with Crippen molar-refractivity contribution in [1.29, 1.82) is 0 Å². The van der Waals surface area contributed by atoms with E-state index in [1.54, 1.807) is 23.2 Å². The highest BCUT2D eigenvalue weighted by atomic mass is 16.6. The molecule has 0 unspecified atom stereocenters. The predicted molar refractivity (Wildman–Crippen MR) is 105 cm³/mol. The second kappa shape index (κ2) is 9.08. The van der Waals surface area contributed by atoms with Gasteiger partial charge in [-0.15, -0.1) is 0 Å². The number of aromatic amines is 1. The zero-order valence-corrected chi connectivity index (χ0v) is 17.0. The Kier molecular flexibility index (Phi) is 6.53. The normalized spacial score (nSPS) is 15.3. The van der Waals surface area contributed by atoms with Gasteiger partial charge in [-0.25, -0.2) is 14.6 Å². The van der Waals surface area contributed by atoms with Gasteiger partial charge in [-0.2, -0.15) is 0 Å². The lowest BCUT2D eigenvalue weighted by atomic mass is 10.2. The lowest BCUT2D eigenvalue weighted by Gasteiger charge is -2.35. The maximum Gasteiger partial charge on any atom is 0.439 e. The smallest absolute Gasteiger partial charge is 0.439 e. The van der Waals surface area contributed by atoms with E-state index in [4.69, 9.17) is 9.47 Å². The van der Waals surface area contributed by atoms with Crippen LogP contribution < -0.4 is 10.5 Å². The van der Waals surface area contributed by atoms with E-state index in [-0.39, 0.29) is 11.9 Å². The lowest BCUT2D eigenvalue weighted by Crippen LogP contribution is -2.50. The number of piperazine rings is 1. The molecule has 0 bridgehead atoms. The van der Waals surface area contributed by atoms with Gasteiger partial charge in [0.25, 0.3) is 0 Å². The molecule has 0 radical (unpaired) electrons. The van der Waals surface area contributed by atoms with Crippen molar-refractivity contribution in [3.05, 3.63) is 28.9 Å². The number of nitrogens with zero attached hydrogens (tertiary/aromatic N) is 4. The maximum absolute atomic E-state index is 12.1. The molecule has 2 aromatic heterocycles. The zero-order chi connectivity index (χ0) is 20.9. The van der Waals surface area contributed by atoms with Gasteiger partial charge in [0.05, 0.1) is 12.8 Å². The van der Waals surface area contributed by atoms with Crippen LogP contribution in [0.15, 0.2) is 27.6 Å². The third-order valence-corrected chi connectivity index (χ3v) is 4.33. The van der Waals surface area contributed by atoms with Crippen LogP contribution in [0.2, 0.25) is 0 Å². The fourth-order valence-corrected chi connectivity index (χ4v) is 2.90. The molecule has 3 heterocycles. The first-order valence-corrected chi connectivity index (χ1v) is 9.66. The van der Waals surface area contributed by atoms with Crippen molar-refractivity contribution >= 4 is 6.09 Å². The monoisotopic (exact) mass is 405 g/mol. The number of hydrogen-bond donors (Lipinski definition) is 1. The van der Waals surface area contributed by atoms with Crippen LogP contribution in [0.1, 0.15) is 27.2 Å². The molecule has 158 valence electrons. The average molecular weight is 405 g/mol. The van der Waals surface area contributed by atoms with E-state index in [0.29, 0.717) is 31.1 Å². The first-order valence-electron chi connectivity index (χ1n) is 9.66. The van der Waals surface area contributed by atoms with Gasteiger partial charge in [0.2, 0.25) is 5.82 Å². The van der Waals surface area contributed by atoms with Gasteiger partial charge < -0.3 is 14.4 Å². The highest BCUT2D eigenvalue weighted by Gasteiger charge is 2.25. The number of H-pyrrole nitrogens is 1. The van der Waals surface area contributed by atoms with Crippen molar-refractivity contribution in [3.8, 4) is 17.3 Å². The number of nitrogens with one attached hydrogen (secondary N) is 1. The van der Waals surface area contributed by atoms with Crippen molar-refractivity contribution in [3.63, 3.8) is 0 Å². The van der Waals surface area contributed by atoms with Crippen molar-refractivity contribution in [2.24, 2.45) is 0 Å². The Morgan fingerprint density at radius 3 is 2.59 bits per heavy atom. The van der Waals surface area contributed by atoms with Crippen LogP contribution in [0.4, 0.5) is 4.79 Å². The van der Waals surface area contributed by atoms with E-state index in [1.165, 1.54) is 0 Å². The van der Waals surface area contributed by atoms with E-state index in [2.05, 4.69) is 24.5 Å². The van der Waals surface area contributed by atoms with Gasteiger partial charge >= 0.3 is 11.8 Å². The minimum Gasteiger partial charge on any atom is -0.492 e. The molecule has 1 N–H and O–H groups in total. The molecule has 0 saturated carbocycles. The van der Waals surface area contributed by atoms with Crippen molar-refractivity contribution in [2.75, 3.05) is 39.3 Å². The van der Waals surface area contributed by atoms with Gasteiger partial charge in [-0.1, -0.05) is 5.16 Å². The Hall–Kier alpha value is -2.88. The van der Waals surface area contributed by atoms with E-state index in [9.17, 15) is 9.59 Å². The minimum absolute atomic E-state index is 0.244. The number of hydrogen-bond acceptors (Lipinski definition) is 8. The van der Waals surface area contributed by atoms with E-state index in [0.717, 1.165) is 26.1 Å². The number of rotatable bonds is 6. The summed E-state index contributed by atoms with van der Waals surface area (Å²) in [5.41, 5.74) is 0.0382. The summed E-state index contributed by atoms with van der Waals surface area (Å²) in [6.45, 7) is 10.1. The molecule has 1 fully saturated rings. The average Bonchev–Trinajstić information content (AvgIpc) is 3.11. The van der Waals surface area contributed by atoms with Crippen LogP contribution >= 0.6 is 0 Å². The molecule has 3 rings (SSSR count). The minimum atomic E-state index is -0.617. The number of pyridine rings is 1. The molecule has 1 amide bonds. The fraction of sp³-hybridized carbons (Fsp3) is 0.579. The maximum atomic E-state index is 12.1. The molecule has 0 spiro atoms. The standard InChI is InChI=1S/C19H27N5O5/c1-19(2,3)28-18(26)24-10-8-23(9-11-24)7-4-12-27-14-5-6-15(20-13-14)16-21-17(25)29-22-16/h5-6,13H,4,7-12H2,1-3H3,(H,21,22,25). The highest BCUT2D eigenvalue weighted by Crippen LogP contribution is 2.15. The summed E-state index contributed by atoms with van der Waals surface area (Å²) in [7, 11) is 0. The topological polar surface area (TPSA) is 114 Å². The highest BCUT2D eigenvalue weighted by molar-refractivity contribution is 5.68. The summed E-state index contributed by atoms with van der Waals surface area (Å²) in [5.74, 6) is 0.315. The SMILES string of the molecule is CC(C)(C)OC(=O)N1CCN(CCCOc2ccc(-c3noc(=O)[nH]3)nc2)CC1. The van der Waals surface area contributed by atoms with Gasteiger partial charge in [0.15, 0.2) is 0 Å². The second-order valence-electron chi connectivity index (χ2n) is 7.83. The van der Waals surface area contributed by atoms with Crippen LogP contribution in [-0.4, -0.2) is 75.9 Å². The quantitative estimate of drug-likeness (QED) is 0.723. The number of aromatic nitrogens is 3. The molecule has 1 aliphatic heterocycles. The fourth-order valence-electron chi connectivity index (χ4n) is 2.90. The lowest BCUT2D eigenvalue weighted by molar-refractivity contribution is 0.0142. The third kappa shape index (κ3) is 6.31. The molecule has 29 heavy (non-hydrogen) atoms. The van der Waals surface area contributed by atoms with Crippen LogP contribution in [-0.2, 0) is 4.74 Å². The molecule has 1 aliphatic rings. The molecule has 0 aliphatic carbocycles. The third-order valence-electron chi connectivity index (χ3n) is 4.33. The van der Waals surface area contributed by atoms with Gasteiger partial charge in [-0.05, 0) is 39.3 Å². The molecule has 10 nitrogen and oxygen atoms in total. The summed E-state index contributed by atoms with van der Waals surface area (Å²) < 4.78 is 15.6. The molecule has 2 aromatic rings. The Balaban J connectivity index is 1.34. The van der Waals surface area contributed by atoms with Gasteiger partial charge in [-0.3, -0.25) is 14.4 Å². The molecule has 1 saturated heterocycles. The summed E-state index contributed by atoms with van der Waals surface area (Å²) in [6.07, 6.45) is 2.21. The number of carbonyl (C=O) groups excluding carboxylic acids is 1. The predicted octanol–water partition coefficient (Wildman–Crippen LogP) is 1.75.